The van der Waals surface area contributed by atoms with Gasteiger partial charge in [0.15, 0.2) is 0 Å². The minimum Gasteiger partial charge on any atom is -0.393 e. The molecule has 0 spiro atoms. The maximum absolute atomic E-state index is 13.0. The Morgan fingerprint density at radius 2 is 0.906 bits per heavy atom. The average Bonchev–Trinajstić information content (AvgIpc) is 3.27. The highest BCUT2D eigenvalue weighted by atomic mass is 31.2. The number of carbonyl (C=O) groups is 1. The first kappa shape index (κ1) is 60.8. The van der Waals surface area contributed by atoms with Crippen LogP contribution in [-0.4, -0.2) is 108 Å². The lowest BCUT2D eigenvalue weighted by Gasteiger charge is -2.41. The zero-order valence-electron chi connectivity index (χ0n) is 40.2. The molecule has 0 aromatic heterocycles. The number of carbonyl (C=O) groups excluding carboxylic acids is 1. The maximum atomic E-state index is 13.0. The van der Waals surface area contributed by atoms with E-state index in [1.165, 1.54) is 147 Å². The molecule has 1 aliphatic rings. The van der Waals surface area contributed by atoms with Crippen LogP contribution in [0.1, 0.15) is 226 Å². The van der Waals surface area contributed by atoms with E-state index in [2.05, 4.69) is 31.3 Å². The molecule has 1 saturated carbocycles. The molecule has 9 N–H and O–H groups in total. The lowest BCUT2D eigenvalue weighted by Crippen LogP contribution is -2.64. The van der Waals surface area contributed by atoms with Crippen LogP contribution in [0.2, 0.25) is 0 Å². The van der Waals surface area contributed by atoms with Crippen molar-refractivity contribution >= 4 is 13.7 Å². The molecule has 8 atom stereocenters. The summed E-state index contributed by atoms with van der Waals surface area (Å²) in [6.07, 6.45) is 31.1. The quantitative estimate of drug-likeness (QED) is 0.0158. The molecule has 64 heavy (non-hydrogen) atoms. The Hall–Kier alpha value is -1.22. The van der Waals surface area contributed by atoms with E-state index in [1.54, 1.807) is 6.08 Å². The molecule has 1 fully saturated rings. The molecule has 1 aliphatic carbocycles. The number of aliphatic hydroxyl groups is 7. The zero-order valence-corrected chi connectivity index (χ0v) is 41.1. The van der Waals surface area contributed by atoms with E-state index in [1.807, 2.05) is 0 Å². The molecule has 0 aromatic rings. The van der Waals surface area contributed by atoms with Gasteiger partial charge < -0.3 is 46.0 Å². The number of allylic oxidation sites excluding steroid dienone is 3. The molecule has 0 saturated heterocycles. The van der Waals surface area contributed by atoms with Gasteiger partial charge in [0.25, 0.3) is 0 Å². The molecule has 0 radical (unpaired) electrons. The molecular formula is C50H96NO12P. The fourth-order valence-corrected chi connectivity index (χ4v) is 9.26. The van der Waals surface area contributed by atoms with Crippen molar-refractivity contribution in [3.63, 3.8) is 0 Å². The van der Waals surface area contributed by atoms with Crippen molar-refractivity contribution in [2.45, 2.75) is 281 Å². The van der Waals surface area contributed by atoms with Crippen LogP contribution in [0.15, 0.2) is 24.3 Å². The average molecular weight is 934 g/mol. The fourth-order valence-electron chi connectivity index (χ4n) is 8.30. The van der Waals surface area contributed by atoms with Gasteiger partial charge >= 0.3 is 7.82 Å². The smallest absolute Gasteiger partial charge is 0.393 e. The number of hydrogen-bond donors (Lipinski definition) is 9. The van der Waals surface area contributed by atoms with Gasteiger partial charge in [0, 0.05) is 0 Å². The minimum absolute atomic E-state index is 0.253. The molecule has 14 heteroatoms. The van der Waals surface area contributed by atoms with Gasteiger partial charge in [-0.1, -0.05) is 199 Å². The maximum Gasteiger partial charge on any atom is 0.472 e. The molecule has 0 heterocycles. The fraction of sp³-hybridized carbons (Fsp3) is 0.900. The summed E-state index contributed by atoms with van der Waals surface area (Å²) < 4.78 is 22.9. The standard InChI is InChI=1S/C50H96NO12P/c1-3-5-7-9-11-13-15-17-19-21-22-24-26-28-30-32-34-36-38-43(53)42(40-62-64(60,61)63-50-48(58)46(56)45(55)47(57)49(50)59)51-44(54)39-41(52)37-35-33-31-29-27-25-23-20-18-16-14-12-10-8-6-4-2/h25,27,36,38,41-43,45-50,52-53,55-59H,3-24,26,28-35,37,39-40H2,1-2H3,(H,51,54)(H,60,61)/b27-25-,38-36+. The summed E-state index contributed by atoms with van der Waals surface area (Å²) in [5, 5.41) is 74.6. The van der Waals surface area contributed by atoms with E-state index in [-0.39, 0.29) is 6.42 Å². The monoisotopic (exact) mass is 934 g/mol. The SMILES string of the molecule is CCCCCCCCCCC/C=C\CCCCCC(O)CC(=O)NC(COP(=O)(O)OC1C(O)C(O)C(O)C(O)C1O)C(O)/C=C/CCCCCCCCCCCCCCCCCC. The number of nitrogens with one attached hydrogen (secondary N) is 1. The van der Waals surface area contributed by atoms with Gasteiger partial charge in [-0.15, -0.1) is 0 Å². The van der Waals surface area contributed by atoms with Crippen LogP contribution in [-0.2, 0) is 18.4 Å². The highest BCUT2D eigenvalue weighted by Crippen LogP contribution is 2.47. The Bertz CT molecular complexity index is 1190. The van der Waals surface area contributed by atoms with Crippen LogP contribution in [0.4, 0.5) is 0 Å². The van der Waals surface area contributed by atoms with Crippen molar-refractivity contribution < 1.29 is 59.0 Å². The van der Waals surface area contributed by atoms with E-state index in [0.29, 0.717) is 12.8 Å². The lowest BCUT2D eigenvalue weighted by molar-refractivity contribution is -0.220. The topological polar surface area (TPSA) is 226 Å². The normalized spacial score (nSPS) is 22.8. The van der Waals surface area contributed by atoms with Crippen molar-refractivity contribution in [2.75, 3.05) is 6.61 Å². The molecule has 0 aliphatic heterocycles. The second kappa shape index (κ2) is 39.7. The molecule has 0 bridgehead atoms. The molecule has 0 aromatic carbocycles. The van der Waals surface area contributed by atoms with Crippen LogP contribution >= 0.6 is 7.82 Å². The molecule has 13 nitrogen and oxygen atoms in total. The van der Waals surface area contributed by atoms with Gasteiger partial charge in [-0.2, -0.15) is 0 Å². The second-order valence-corrected chi connectivity index (χ2v) is 20.0. The van der Waals surface area contributed by atoms with Crippen LogP contribution in [0.5, 0.6) is 0 Å². The Balaban J connectivity index is 2.51. The van der Waals surface area contributed by atoms with E-state index >= 15 is 0 Å². The van der Waals surface area contributed by atoms with Crippen LogP contribution in [0, 0.1) is 0 Å². The highest BCUT2D eigenvalue weighted by molar-refractivity contribution is 7.47. The third-order valence-electron chi connectivity index (χ3n) is 12.5. The van der Waals surface area contributed by atoms with E-state index in [4.69, 9.17) is 9.05 Å². The van der Waals surface area contributed by atoms with Gasteiger partial charge in [0.2, 0.25) is 5.91 Å². The van der Waals surface area contributed by atoms with Crippen LogP contribution in [0.25, 0.3) is 0 Å². The van der Waals surface area contributed by atoms with Gasteiger partial charge in [0.05, 0.1) is 31.3 Å². The Kier molecular flexibility index (Phi) is 37.8. The summed E-state index contributed by atoms with van der Waals surface area (Å²) in [5.41, 5.74) is 0. The number of phosphoric acid groups is 1. The number of phosphoric ester groups is 1. The Morgan fingerprint density at radius 3 is 1.33 bits per heavy atom. The van der Waals surface area contributed by atoms with E-state index < -0.39 is 75.2 Å². The zero-order chi connectivity index (χ0) is 47.3. The molecule has 378 valence electrons. The number of amides is 1. The van der Waals surface area contributed by atoms with Gasteiger partial charge in [0.1, 0.15) is 36.6 Å². The third kappa shape index (κ3) is 30.9. The number of aliphatic hydroxyl groups excluding tert-OH is 7. The molecule has 8 unspecified atom stereocenters. The lowest BCUT2D eigenvalue weighted by atomic mass is 9.85. The van der Waals surface area contributed by atoms with Crippen molar-refractivity contribution in [3.05, 3.63) is 24.3 Å². The molecule has 1 amide bonds. The predicted molar refractivity (Wildman–Crippen MR) is 257 cm³/mol. The van der Waals surface area contributed by atoms with Crippen molar-refractivity contribution in [1.82, 2.24) is 5.32 Å². The molecular weight excluding hydrogens is 838 g/mol. The number of hydrogen-bond acceptors (Lipinski definition) is 11. The highest BCUT2D eigenvalue weighted by Gasteiger charge is 2.51. The predicted octanol–water partition coefficient (Wildman–Crippen LogP) is 9.54. The number of rotatable bonds is 43. The Labute approximate surface area is 388 Å². The summed E-state index contributed by atoms with van der Waals surface area (Å²) in [6, 6.07) is -1.24. The van der Waals surface area contributed by atoms with E-state index in [9.17, 15) is 50.0 Å². The summed E-state index contributed by atoms with van der Waals surface area (Å²) in [6.45, 7) is 3.76. The van der Waals surface area contributed by atoms with Gasteiger partial charge in [-0.05, 0) is 44.9 Å². The van der Waals surface area contributed by atoms with Crippen LogP contribution < -0.4 is 5.32 Å². The van der Waals surface area contributed by atoms with Crippen molar-refractivity contribution in [3.8, 4) is 0 Å². The number of unbranched alkanes of at least 4 members (excludes halogenated alkanes) is 28. The first-order valence-electron chi connectivity index (χ1n) is 25.9. The van der Waals surface area contributed by atoms with Crippen molar-refractivity contribution in [2.24, 2.45) is 0 Å². The first-order valence-corrected chi connectivity index (χ1v) is 27.4. The van der Waals surface area contributed by atoms with Gasteiger partial charge in [-0.3, -0.25) is 13.8 Å². The summed E-state index contributed by atoms with van der Waals surface area (Å²) >= 11 is 0. The second-order valence-electron chi connectivity index (χ2n) is 18.6. The van der Waals surface area contributed by atoms with Crippen LogP contribution in [0.3, 0.4) is 0 Å². The van der Waals surface area contributed by atoms with E-state index in [0.717, 1.165) is 51.4 Å². The molecule has 1 rings (SSSR count). The summed E-state index contributed by atoms with van der Waals surface area (Å²) in [7, 11) is -5.15. The first-order chi connectivity index (χ1) is 30.8. The summed E-state index contributed by atoms with van der Waals surface area (Å²) in [4.78, 5) is 23.5. The van der Waals surface area contributed by atoms with Crippen molar-refractivity contribution in [1.29, 1.82) is 0 Å². The largest absolute Gasteiger partial charge is 0.472 e. The summed E-state index contributed by atoms with van der Waals surface area (Å²) in [5.74, 6) is -0.599. The third-order valence-corrected chi connectivity index (χ3v) is 13.5. The Morgan fingerprint density at radius 1 is 0.547 bits per heavy atom. The van der Waals surface area contributed by atoms with Gasteiger partial charge in [-0.25, -0.2) is 4.57 Å². The minimum atomic E-state index is -5.15.